The van der Waals surface area contributed by atoms with Gasteiger partial charge in [0.2, 0.25) is 11.8 Å². The summed E-state index contributed by atoms with van der Waals surface area (Å²) >= 11 is 0. The largest absolute Gasteiger partial charge is 0.444 e. The maximum absolute atomic E-state index is 11.8. The van der Waals surface area contributed by atoms with Gasteiger partial charge in [0.15, 0.2) is 0 Å². The summed E-state index contributed by atoms with van der Waals surface area (Å²) < 4.78 is 5.24. The second-order valence-electron chi connectivity index (χ2n) is 7.49. The van der Waals surface area contributed by atoms with Crippen LogP contribution < -0.4 is 16.8 Å². The lowest BCUT2D eigenvalue weighted by Crippen LogP contribution is -2.51. The topological polar surface area (TPSA) is 128 Å². The van der Waals surface area contributed by atoms with Crippen molar-refractivity contribution in [1.29, 1.82) is 0 Å². The Morgan fingerprint density at radius 2 is 1.64 bits per heavy atom. The third-order valence-corrected chi connectivity index (χ3v) is 4.11. The zero-order valence-corrected chi connectivity index (χ0v) is 15.5. The molecule has 2 fully saturated rings. The van der Waals surface area contributed by atoms with Crippen molar-refractivity contribution in [2.45, 2.75) is 77.0 Å². The Morgan fingerprint density at radius 1 is 1.00 bits per heavy atom. The Bertz CT molecular complexity index is 470. The number of rotatable bonds is 2. The summed E-state index contributed by atoms with van der Waals surface area (Å²) in [6.07, 6.45) is 5.21. The first-order valence-corrected chi connectivity index (χ1v) is 8.93. The van der Waals surface area contributed by atoms with E-state index in [1.54, 1.807) is 20.8 Å². The van der Waals surface area contributed by atoms with Crippen LogP contribution in [0.2, 0.25) is 0 Å². The van der Waals surface area contributed by atoms with Crippen molar-refractivity contribution in [3.05, 3.63) is 0 Å². The Labute approximate surface area is 149 Å². The highest BCUT2D eigenvalue weighted by molar-refractivity contribution is 5.84. The highest BCUT2D eigenvalue weighted by Gasteiger charge is 2.33. The summed E-state index contributed by atoms with van der Waals surface area (Å²) in [5.74, 6) is -0.666. The molecule has 25 heavy (non-hydrogen) atoms. The minimum atomic E-state index is -0.545. The summed E-state index contributed by atoms with van der Waals surface area (Å²) in [7, 11) is 0. The lowest BCUT2D eigenvalue weighted by Gasteiger charge is -2.34. The zero-order valence-electron chi connectivity index (χ0n) is 15.5. The van der Waals surface area contributed by atoms with E-state index in [9.17, 15) is 14.4 Å². The fraction of sp³-hybridized carbons (Fsp3) is 0.824. The van der Waals surface area contributed by atoms with Gasteiger partial charge >= 0.3 is 6.09 Å². The van der Waals surface area contributed by atoms with Crippen molar-refractivity contribution in [3.8, 4) is 0 Å². The molecule has 0 aromatic rings. The van der Waals surface area contributed by atoms with E-state index in [1.807, 2.05) is 0 Å². The number of primary amides is 2. The van der Waals surface area contributed by atoms with Gasteiger partial charge in [-0.25, -0.2) is 4.79 Å². The van der Waals surface area contributed by atoms with Crippen LogP contribution in [0.4, 0.5) is 4.79 Å². The van der Waals surface area contributed by atoms with Crippen LogP contribution in [0.15, 0.2) is 0 Å². The van der Waals surface area contributed by atoms with Crippen LogP contribution in [0.25, 0.3) is 0 Å². The van der Waals surface area contributed by atoms with E-state index in [4.69, 9.17) is 16.2 Å². The molecule has 8 heteroatoms. The van der Waals surface area contributed by atoms with Crippen molar-refractivity contribution in [2.24, 2.45) is 11.5 Å². The van der Waals surface area contributed by atoms with Crippen molar-refractivity contribution in [1.82, 2.24) is 10.2 Å². The van der Waals surface area contributed by atoms with Crippen LogP contribution in [-0.4, -0.2) is 53.6 Å². The minimum Gasteiger partial charge on any atom is -0.444 e. The molecule has 2 aliphatic heterocycles. The van der Waals surface area contributed by atoms with Crippen LogP contribution in [0.3, 0.4) is 0 Å². The van der Waals surface area contributed by atoms with Gasteiger partial charge in [-0.1, -0.05) is 6.42 Å². The Morgan fingerprint density at radius 3 is 2.08 bits per heavy atom. The summed E-state index contributed by atoms with van der Waals surface area (Å²) in [6.45, 7) is 6.88. The first-order valence-electron chi connectivity index (χ1n) is 8.93. The standard InChI is InChI=1S/C11H20N2O3.C6H12N2O/c1-11(2,3)16-10(15)13-7-5-4-6-8(13)9(12)14;7-6(9)5-3-1-2-4-8-5/h8H,4-7H2,1-3H3,(H2,12,14);5,8H,1-4H2,(H2,7,9)/t8-;5-/m11/s1. The van der Waals surface area contributed by atoms with Gasteiger partial charge in [0, 0.05) is 6.54 Å². The predicted molar refractivity (Wildman–Crippen MR) is 94.6 cm³/mol. The summed E-state index contributed by atoms with van der Waals surface area (Å²) in [5.41, 5.74) is 9.79. The fourth-order valence-corrected chi connectivity index (χ4v) is 2.86. The number of nitrogens with two attached hydrogens (primary N) is 2. The number of nitrogens with zero attached hydrogens (tertiary/aromatic N) is 1. The molecule has 0 bridgehead atoms. The monoisotopic (exact) mass is 356 g/mol. The van der Waals surface area contributed by atoms with Gasteiger partial charge < -0.3 is 21.5 Å². The van der Waals surface area contributed by atoms with Gasteiger partial charge in [-0.15, -0.1) is 0 Å². The lowest BCUT2D eigenvalue weighted by atomic mass is 10.0. The van der Waals surface area contributed by atoms with Crippen molar-refractivity contribution >= 4 is 17.9 Å². The summed E-state index contributed by atoms with van der Waals surface area (Å²) in [5, 5.41) is 3.04. The van der Waals surface area contributed by atoms with Crippen molar-refractivity contribution in [2.75, 3.05) is 13.1 Å². The minimum absolute atomic E-state index is 0.0567. The number of nitrogens with one attached hydrogen (secondary N) is 1. The van der Waals surface area contributed by atoms with Gasteiger partial charge in [-0.3, -0.25) is 14.5 Å². The molecule has 8 nitrogen and oxygen atoms in total. The van der Waals surface area contributed by atoms with Gasteiger partial charge in [0.05, 0.1) is 6.04 Å². The van der Waals surface area contributed by atoms with Crippen molar-refractivity contribution < 1.29 is 19.1 Å². The molecule has 2 heterocycles. The maximum Gasteiger partial charge on any atom is 0.410 e. The first-order chi connectivity index (χ1) is 11.6. The van der Waals surface area contributed by atoms with Gasteiger partial charge in [0.25, 0.3) is 0 Å². The molecule has 2 aliphatic rings. The molecule has 0 spiro atoms. The number of hydrogen-bond acceptors (Lipinski definition) is 5. The van der Waals surface area contributed by atoms with E-state index in [-0.39, 0.29) is 11.9 Å². The number of likely N-dealkylation sites (tertiary alicyclic amines) is 1. The maximum atomic E-state index is 11.8. The lowest BCUT2D eigenvalue weighted by molar-refractivity contribution is -0.124. The molecule has 144 valence electrons. The molecule has 0 unspecified atom stereocenters. The number of carbonyl (C=O) groups is 3. The normalized spacial score (nSPS) is 23.9. The number of amides is 3. The molecule has 0 aromatic heterocycles. The molecule has 3 amide bonds. The van der Waals surface area contributed by atoms with E-state index in [0.717, 1.165) is 32.2 Å². The molecular weight excluding hydrogens is 324 g/mol. The fourth-order valence-electron chi connectivity index (χ4n) is 2.86. The smallest absolute Gasteiger partial charge is 0.410 e. The molecule has 2 rings (SSSR count). The van der Waals surface area contributed by atoms with Crippen LogP contribution in [-0.2, 0) is 14.3 Å². The summed E-state index contributed by atoms with van der Waals surface area (Å²) in [6, 6.07) is -0.567. The number of hydrogen-bond donors (Lipinski definition) is 3. The molecule has 2 atom stereocenters. The second-order valence-corrected chi connectivity index (χ2v) is 7.49. The van der Waals surface area contributed by atoms with Crippen LogP contribution >= 0.6 is 0 Å². The molecule has 0 saturated carbocycles. The Kier molecular flexibility index (Phi) is 8.15. The molecule has 0 aromatic carbocycles. The molecule has 5 N–H and O–H groups in total. The molecule has 2 saturated heterocycles. The van der Waals surface area contributed by atoms with Crippen LogP contribution in [0.1, 0.15) is 59.3 Å². The van der Waals surface area contributed by atoms with Crippen molar-refractivity contribution in [3.63, 3.8) is 0 Å². The van der Waals surface area contributed by atoms with Gasteiger partial charge in [-0.05, 0) is 59.4 Å². The summed E-state index contributed by atoms with van der Waals surface area (Å²) in [4.78, 5) is 35.0. The van der Waals surface area contributed by atoms with Gasteiger partial charge in [0.1, 0.15) is 11.6 Å². The Balaban J connectivity index is 0.000000293. The van der Waals surface area contributed by atoms with E-state index >= 15 is 0 Å². The van der Waals surface area contributed by atoms with E-state index < -0.39 is 23.6 Å². The Hall–Kier alpha value is -1.83. The predicted octanol–water partition coefficient (Wildman–Crippen LogP) is 0.875. The highest BCUT2D eigenvalue weighted by atomic mass is 16.6. The van der Waals surface area contributed by atoms with Crippen LogP contribution in [0, 0.1) is 0 Å². The second kappa shape index (κ2) is 9.60. The molecule has 0 aliphatic carbocycles. The number of ether oxygens (including phenoxy) is 1. The first kappa shape index (κ1) is 21.2. The van der Waals surface area contributed by atoms with E-state index in [1.165, 1.54) is 11.3 Å². The quantitative estimate of drug-likeness (QED) is 0.676. The number of piperidine rings is 2. The van der Waals surface area contributed by atoms with Crippen LogP contribution in [0.5, 0.6) is 0 Å². The average molecular weight is 356 g/mol. The van der Waals surface area contributed by atoms with E-state index in [0.29, 0.717) is 13.0 Å². The zero-order chi connectivity index (χ0) is 19.0. The molecular formula is C17H32N4O4. The van der Waals surface area contributed by atoms with Gasteiger partial charge in [-0.2, -0.15) is 0 Å². The highest BCUT2D eigenvalue weighted by Crippen LogP contribution is 2.20. The SMILES string of the molecule is CC(C)(C)OC(=O)N1CCCC[C@@H]1C(N)=O.NC(=O)[C@H]1CCCCN1. The average Bonchev–Trinajstić information content (AvgIpc) is 2.54. The third-order valence-electron chi connectivity index (χ3n) is 4.11. The third kappa shape index (κ3) is 7.72. The molecule has 0 radical (unpaired) electrons. The number of carbonyl (C=O) groups excluding carboxylic acids is 3. The van der Waals surface area contributed by atoms with E-state index in [2.05, 4.69) is 5.32 Å².